The molecule has 266 valence electrons. The molecule has 3 aromatic rings. The van der Waals surface area contributed by atoms with Gasteiger partial charge < -0.3 is 24.8 Å². The molecule has 2 N–H and O–H groups in total. The number of likely N-dealkylation sites (tertiary alicyclic amines) is 2. The average Bonchev–Trinajstić information content (AvgIpc) is 3.64. The molecule has 6 rings (SSSR count). The molecule has 2 saturated heterocycles. The summed E-state index contributed by atoms with van der Waals surface area (Å²) in [5, 5.41) is 10.0. The van der Waals surface area contributed by atoms with E-state index in [1.807, 2.05) is 0 Å². The molecule has 0 bridgehead atoms. The fourth-order valence-corrected chi connectivity index (χ4v) is 6.98. The Morgan fingerprint density at radius 3 is 2.22 bits per heavy atom. The minimum absolute atomic E-state index is 0.00488. The third-order valence-corrected chi connectivity index (χ3v) is 9.62. The molecule has 0 unspecified atom stereocenters. The topological polar surface area (TPSA) is 147 Å². The van der Waals surface area contributed by atoms with Crippen molar-refractivity contribution >= 4 is 28.9 Å². The summed E-state index contributed by atoms with van der Waals surface area (Å²) in [5.41, 5.74) is -2.30. The van der Waals surface area contributed by atoms with Crippen LogP contribution in [0.1, 0.15) is 92.9 Å². The van der Waals surface area contributed by atoms with Gasteiger partial charge in [0, 0.05) is 31.5 Å². The predicted octanol–water partition coefficient (Wildman–Crippen LogP) is 5.44. The lowest BCUT2D eigenvalue weighted by Crippen LogP contribution is -2.64. The molecule has 3 amide bonds. The molecule has 1 aromatic carbocycles. The Morgan fingerprint density at radius 1 is 1.00 bits per heavy atom. The number of amides is 3. The zero-order valence-corrected chi connectivity index (χ0v) is 27.5. The van der Waals surface area contributed by atoms with E-state index in [0.29, 0.717) is 0 Å². The summed E-state index contributed by atoms with van der Waals surface area (Å²) in [4.78, 5) is 49.8. The number of benzene rings is 1. The van der Waals surface area contributed by atoms with Crippen molar-refractivity contribution in [3.05, 3.63) is 40.7 Å². The van der Waals surface area contributed by atoms with Crippen molar-refractivity contribution in [2.45, 2.75) is 95.1 Å². The van der Waals surface area contributed by atoms with Crippen LogP contribution in [-0.4, -0.2) is 91.6 Å². The molecule has 49 heavy (non-hydrogen) atoms. The Hall–Kier alpha value is -4.31. The van der Waals surface area contributed by atoms with Gasteiger partial charge in [-0.2, -0.15) is 0 Å². The first kappa shape index (κ1) is 34.5. The van der Waals surface area contributed by atoms with Crippen LogP contribution in [0.2, 0.25) is 0 Å². The second-order valence-electron chi connectivity index (χ2n) is 14.4. The number of imidazole rings is 1. The number of alkyl halides is 4. The predicted molar refractivity (Wildman–Crippen MR) is 162 cm³/mol. The number of aromatic amines is 1. The number of piperidine rings is 1. The van der Waals surface area contributed by atoms with Gasteiger partial charge in [-0.15, -0.1) is 0 Å². The number of ether oxygens (including phenoxy) is 1. The van der Waals surface area contributed by atoms with Crippen molar-refractivity contribution in [3.63, 3.8) is 0 Å². The van der Waals surface area contributed by atoms with E-state index in [1.165, 1.54) is 24.0 Å². The number of halogens is 5. The molecule has 17 heteroatoms. The number of nitrogens with zero attached hydrogens (tertiary/aromatic N) is 5. The maximum atomic E-state index is 16.7. The van der Waals surface area contributed by atoms with Gasteiger partial charge in [-0.3, -0.25) is 9.59 Å². The number of aromatic nitrogens is 4. The normalized spacial score (nSPS) is 21.2. The number of rotatable bonds is 6. The van der Waals surface area contributed by atoms with E-state index in [9.17, 15) is 31.9 Å². The molecule has 0 radical (unpaired) electrons. The highest BCUT2D eigenvalue weighted by Crippen LogP contribution is 2.44. The lowest BCUT2D eigenvalue weighted by atomic mass is 9.70. The maximum Gasteiger partial charge on any atom is 0.410 e. The van der Waals surface area contributed by atoms with Gasteiger partial charge >= 0.3 is 6.09 Å². The van der Waals surface area contributed by atoms with Crippen molar-refractivity contribution in [2.75, 3.05) is 26.2 Å². The highest BCUT2D eigenvalue weighted by molar-refractivity contribution is 5.93. The van der Waals surface area contributed by atoms with Crippen molar-refractivity contribution < 1.29 is 45.7 Å². The van der Waals surface area contributed by atoms with Gasteiger partial charge in [-0.1, -0.05) is 11.2 Å². The Morgan fingerprint density at radius 2 is 1.65 bits per heavy atom. The lowest BCUT2D eigenvalue weighted by molar-refractivity contribution is -0.173. The number of hydrogen-bond acceptors (Lipinski definition) is 8. The van der Waals surface area contributed by atoms with Gasteiger partial charge in [0.15, 0.2) is 11.5 Å². The summed E-state index contributed by atoms with van der Waals surface area (Å²) in [5.74, 6) is -8.54. The van der Waals surface area contributed by atoms with Crippen LogP contribution in [0.4, 0.5) is 26.7 Å². The number of carbonyl (C=O) groups excluding carboxylic acids is 3. The maximum absolute atomic E-state index is 16.7. The molecule has 1 atom stereocenters. The summed E-state index contributed by atoms with van der Waals surface area (Å²) in [7, 11) is 0. The van der Waals surface area contributed by atoms with E-state index >= 15 is 4.39 Å². The monoisotopic (exact) mass is 695 g/mol. The number of carbonyl (C=O) groups is 3. The summed E-state index contributed by atoms with van der Waals surface area (Å²) in [6.45, 7) is 5.04. The van der Waals surface area contributed by atoms with E-state index in [2.05, 4.69) is 30.2 Å². The summed E-state index contributed by atoms with van der Waals surface area (Å²) in [6.07, 6.45) is -1.46. The molecular weight excluding hydrogens is 657 g/mol. The van der Waals surface area contributed by atoms with Gasteiger partial charge in [0.05, 0.1) is 30.1 Å². The number of nitrogens with one attached hydrogen (secondary N) is 2. The SMILES string of the molecule is Cc1nonc1C(=O)N[C@H](c1nc2c(F)c(C3(C(=O)N4CC(F)(F)C4)CCN(C(=O)OC(C)(C)C)CC3)ccc2[nH]1)C1CCC(F)(F)CC1. The van der Waals surface area contributed by atoms with Crippen molar-refractivity contribution in [1.82, 2.24) is 35.4 Å². The second-order valence-corrected chi connectivity index (χ2v) is 14.4. The van der Waals surface area contributed by atoms with Gasteiger partial charge in [0.1, 0.15) is 22.6 Å². The second kappa shape index (κ2) is 12.2. The van der Waals surface area contributed by atoms with Crippen LogP contribution in [0.25, 0.3) is 11.0 Å². The van der Waals surface area contributed by atoms with Gasteiger partial charge in [0.25, 0.3) is 11.8 Å². The summed E-state index contributed by atoms with van der Waals surface area (Å²) in [6, 6.07) is 1.95. The number of H-pyrrole nitrogens is 1. The van der Waals surface area contributed by atoms with E-state index in [1.54, 1.807) is 20.8 Å². The van der Waals surface area contributed by atoms with Crippen LogP contribution in [0, 0.1) is 18.7 Å². The molecule has 1 saturated carbocycles. The van der Waals surface area contributed by atoms with Gasteiger partial charge in [-0.25, -0.2) is 36.4 Å². The highest BCUT2D eigenvalue weighted by Gasteiger charge is 2.54. The Labute approximate surface area is 278 Å². The van der Waals surface area contributed by atoms with Gasteiger partial charge in [-0.05, 0) is 70.5 Å². The molecule has 2 aromatic heterocycles. The van der Waals surface area contributed by atoms with E-state index < -0.39 is 84.5 Å². The number of aryl methyl sites for hydroxylation is 1. The van der Waals surface area contributed by atoms with Crippen LogP contribution in [0.3, 0.4) is 0 Å². The van der Waals surface area contributed by atoms with E-state index in [0.717, 1.165) is 4.90 Å². The smallest absolute Gasteiger partial charge is 0.410 e. The minimum Gasteiger partial charge on any atom is -0.444 e. The van der Waals surface area contributed by atoms with Crippen molar-refractivity contribution in [3.8, 4) is 0 Å². The number of hydrogen-bond donors (Lipinski definition) is 2. The van der Waals surface area contributed by atoms with Gasteiger partial charge in [0.2, 0.25) is 11.8 Å². The summed E-state index contributed by atoms with van der Waals surface area (Å²) < 4.78 is 82.8. The third-order valence-electron chi connectivity index (χ3n) is 9.62. The molecule has 4 heterocycles. The lowest BCUT2D eigenvalue weighted by Gasteiger charge is -2.47. The van der Waals surface area contributed by atoms with Crippen LogP contribution < -0.4 is 5.32 Å². The zero-order chi connectivity index (χ0) is 35.5. The van der Waals surface area contributed by atoms with Crippen LogP contribution in [0.15, 0.2) is 16.8 Å². The zero-order valence-electron chi connectivity index (χ0n) is 27.5. The van der Waals surface area contributed by atoms with E-state index in [-0.39, 0.29) is 72.6 Å². The Balaban J connectivity index is 1.35. The average molecular weight is 696 g/mol. The Kier molecular flexibility index (Phi) is 8.62. The fraction of sp³-hybridized carbons (Fsp3) is 0.625. The molecule has 12 nitrogen and oxygen atoms in total. The van der Waals surface area contributed by atoms with Crippen molar-refractivity contribution in [2.24, 2.45) is 5.92 Å². The third kappa shape index (κ3) is 6.80. The Bertz CT molecular complexity index is 1740. The minimum atomic E-state index is -3.06. The quantitative estimate of drug-likeness (QED) is 0.325. The molecule has 2 aliphatic heterocycles. The molecule has 1 aliphatic carbocycles. The molecular formula is C32H38F5N7O5. The molecule has 3 aliphatic rings. The molecule has 0 spiro atoms. The molecule has 3 fully saturated rings. The largest absolute Gasteiger partial charge is 0.444 e. The van der Waals surface area contributed by atoms with Crippen LogP contribution >= 0.6 is 0 Å². The van der Waals surface area contributed by atoms with Crippen LogP contribution in [-0.2, 0) is 14.9 Å². The first-order chi connectivity index (χ1) is 22.9. The fourth-order valence-electron chi connectivity index (χ4n) is 6.98. The first-order valence-electron chi connectivity index (χ1n) is 16.2. The summed E-state index contributed by atoms with van der Waals surface area (Å²) >= 11 is 0. The first-order valence-corrected chi connectivity index (χ1v) is 16.2. The number of fused-ring (bicyclic) bond motifs is 1. The van der Waals surface area contributed by atoms with E-state index in [4.69, 9.17) is 4.74 Å². The highest BCUT2D eigenvalue weighted by atomic mass is 19.3. The standard InChI is InChI=1S/C32H38F5N7O5/c1-17-22(42-49-41-17)26(45)40-23(18-7-9-31(34,35)10-8-18)25-38-20-6-5-19(21(33)24(20)39-25)30(27(46)44-15-32(36,37)16-44)11-13-43(14-12-30)28(47)48-29(2,3)4/h5-6,18,23H,7-16H2,1-4H3,(H,38,39)(H,40,45)/t23-/m0/s1. The van der Waals surface area contributed by atoms with Crippen LogP contribution in [0.5, 0.6) is 0 Å². The van der Waals surface area contributed by atoms with Crippen molar-refractivity contribution in [1.29, 1.82) is 0 Å².